The fourth-order valence-electron chi connectivity index (χ4n) is 2.79. The monoisotopic (exact) mass is 362 g/mol. The number of aromatic nitrogens is 2. The van der Waals surface area contributed by atoms with Crippen molar-refractivity contribution in [2.45, 2.75) is 33.2 Å². The Hall–Kier alpha value is -3.28. The fraction of sp³-hybridized carbons (Fsp3) is 0.238. The number of aryl methyl sites for hydroxylation is 1. The molecule has 3 rings (SSSR count). The number of hydrazone groups is 1. The molecule has 0 aliphatic heterocycles. The second kappa shape index (κ2) is 8.40. The van der Waals surface area contributed by atoms with E-state index in [4.69, 9.17) is 0 Å². The summed E-state index contributed by atoms with van der Waals surface area (Å²) in [5.41, 5.74) is 4.19. The molecule has 1 N–H and O–H groups in total. The minimum Gasteiger partial charge on any atom is -0.267 e. The van der Waals surface area contributed by atoms with Gasteiger partial charge in [-0.2, -0.15) is 10.2 Å². The highest BCUT2D eigenvalue weighted by Crippen LogP contribution is 2.13. The Bertz CT molecular complexity index is 1040. The first-order valence-corrected chi connectivity index (χ1v) is 9.01. The third-order valence-electron chi connectivity index (χ3n) is 4.32. The average molecular weight is 362 g/mol. The molecule has 6 nitrogen and oxygen atoms in total. The average Bonchev–Trinajstić information content (AvgIpc) is 2.72. The van der Waals surface area contributed by atoms with Crippen molar-refractivity contribution in [2.24, 2.45) is 5.10 Å². The summed E-state index contributed by atoms with van der Waals surface area (Å²) in [5.74, 6) is -0.438. The van der Waals surface area contributed by atoms with Gasteiger partial charge in [-0.25, -0.2) is 10.1 Å². The summed E-state index contributed by atoms with van der Waals surface area (Å²) in [6.07, 6.45) is 1.75. The minimum absolute atomic E-state index is 0.181. The van der Waals surface area contributed by atoms with E-state index in [9.17, 15) is 9.59 Å². The number of nitrogens with zero attached hydrogens (tertiary/aromatic N) is 3. The lowest BCUT2D eigenvalue weighted by atomic mass is 10.1. The summed E-state index contributed by atoms with van der Waals surface area (Å²) in [6.45, 7) is 4.34. The van der Waals surface area contributed by atoms with Gasteiger partial charge in [0.2, 0.25) is 0 Å². The number of unbranched alkanes of at least 4 members (excludes halogenated alkanes) is 1. The Kier molecular flexibility index (Phi) is 5.76. The topological polar surface area (TPSA) is 76.3 Å². The van der Waals surface area contributed by atoms with Gasteiger partial charge in [-0.3, -0.25) is 9.59 Å². The molecule has 0 spiro atoms. The second-order valence-electron chi connectivity index (χ2n) is 6.28. The Labute approximate surface area is 157 Å². The van der Waals surface area contributed by atoms with Crippen molar-refractivity contribution in [3.05, 3.63) is 76.2 Å². The molecule has 0 fully saturated rings. The predicted octanol–water partition coefficient (Wildman–Crippen LogP) is 3.35. The molecule has 0 aliphatic carbocycles. The maximum Gasteiger partial charge on any atom is 0.292 e. The summed E-state index contributed by atoms with van der Waals surface area (Å²) < 4.78 is 1.37. The number of hydrogen-bond donors (Lipinski definition) is 1. The molecule has 3 aromatic rings. The molecule has 1 aromatic heterocycles. The molecule has 0 unspecified atom stereocenters. The number of carbonyl (C=O) groups is 1. The van der Waals surface area contributed by atoms with E-state index >= 15 is 0 Å². The first-order chi connectivity index (χ1) is 13.1. The largest absolute Gasteiger partial charge is 0.292 e. The van der Waals surface area contributed by atoms with Crippen LogP contribution in [0.2, 0.25) is 0 Å². The van der Waals surface area contributed by atoms with Crippen molar-refractivity contribution in [2.75, 3.05) is 0 Å². The van der Waals surface area contributed by atoms with Crippen LogP contribution in [0.25, 0.3) is 10.8 Å². The molecule has 0 aliphatic rings. The third kappa shape index (κ3) is 4.11. The van der Waals surface area contributed by atoms with Gasteiger partial charge in [-0.15, -0.1) is 0 Å². The van der Waals surface area contributed by atoms with Gasteiger partial charge in [0.15, 0.2) is 5.69 Å². The van der Waals surface area contributed by atoms with Crippen LogP contribution in [0.4, 0.5) is 0 Å². The summed E-state index contributed by atoms with van der Waals surface area (Å²) in [5, 5.41) is 9.50. The van der Waals surface area contributed by atoms with Crippen LogP contribution in [-0.4, -0.2) is 21.4 Å². The van der Waals surface area contributed by atoms with Gasteiger partial charge >= 0.3 is 0 Å². The Morgan fingerprint density at radius 2 is 1.74 bits per heavy atom. The molecular weight excluding hydrogens is 340 g/mol. The van der Waals surface area contributed by atoms with E-state index in [-0.39, 0.29) is 11.3 Å². The maximum absolute atomic E-state index is 12.7. The third-order valence-corrected chi connectivity index (χ3v) is 4.32. The minimum atomic E-state index is -0.438. The van der Waals surface area contributed by atoms with E-state index in [1.165, 1.54) is 4.68 Å². The quantitative estimate of drug-likeness (QED) is 0.540. The molecule has 0 bridgehead atoms. The van der Waals surface area contributed by atoms with Crippen LogP contribution in [-0.2, 0) is 6.54 Å². The van der Waals surface area contributed by atoms with Crippen molar-refractivity contribution >= 4 is 22.4 Å². The standard InChI is InChI=1S/C21H22N4O2/c1-3-4-14-25-21(27)18-13-9-8-12-17(18)19(24-25)20(26)23-22-15(2)16-10-6-5-7-11-16/h5-13H,3-4,14H2,1-2H3,(H,23,26)/b22-15+. The lowest BCUT2D eigenvalue weighted by Crippen LogP contribution is -2.29. The van der Waals surface area contributed by atoms with Crippen molar-refractivity contribution in [1.82, 2.24) is 15.2 Å². The number of carbonyl (C=O) groups excluding carboxylic acids is 1. The van der Waals surface area contributed by atoms with Gasteiger partial charge in [-0.1, -0.05) is 61.9 Å². The molecule has 2 aromatic carbocycles. The molecule has 0 saturated carbocycles. The van der Waals surface area contributed by atoms with Gasteiger partial charge in [-0.05, 0) is 25.0 Å². The van der Waals surface area contributed by atoms with E-state index in [0.29, 0.717) is 23.0 Å². The lowest BCUT2D eigenvalue weighted by Gasteiger charge is -2.10. The zero-order valence-electron chi connectivity index (χ0n) is 15.5. The summed E-state index contributed by atoms with van der Waals surface area (Å²) in [7, 11) is 0. The first-order valence-electron chi connectivity index (χ1n) is 9.01. The molecule has 0 radical (unpaired) electrons. The molecule has 138 valence electrons. The number of nitrogens with one attached hydrogen (secondary N) is 1. The highest BCUT2D eigenvalue weighted by molar-refractivity contribution is 6.06. The van der Waals surface area contributed by atoms with Crippen molar-refractivity contribution < 1.29 is 4.79 Å². The maximum atomic E-state index is 12.7. The normalized spacial score (nSPS) is 11.6. The Balaban J connectivity index is 1.96. The Morgan fingerprint density at radius 1 is 1.07 bits per heavy atom. The first kappa shape index (κ1) is 18.5. The fourth-order valence-corrected chi connectivity index (χ4v) is 2.79. The number of hydrogen-bond acceptors (Lipinski definition) is 4. The molecule has 0 saturated heterocycles. The molecular formula is C21H22N4O2. The van der Waals surface area contributed by atoms with E-state index in [2.05, 4.69) is 15.6 Å². The smallest absolute Gasteiger partial charge is 0.267 e. The van der Waals surface area contributed by atoms with Crippen molar-refractivity contribution in [1.29, 1.82) is 0 Å². The van der Waals surface area contributed by atoms with E-state index < -0.39 is 5.91 Å². The van der Waals surface area contributed by atoms with Crippen molar-refractivity contribution in [3.8, 4) is 0 Å². The summed E-state index contributed by atoms with van der Waals surface area (Å²) in [6, 6.07) is 16.6. The van der Waals surface area contributed by atoms with Crippen LogP contribution < -0.4 is 11.0 Å². The van der Waals surface area contributed by atoms with Gasteiger partial charge in [0, 0.05) is 11.9 Å². The van der Waals surface area contributed by atoms with Crippen LogP contribution in [0.5, 0.6) is 0 Å². The summed E-state index contributed by atoms with van der Waals surface area (Å²) >= 11 is 0. The predicted molar refractivity (Wildman–Crippen MR) is 107 cm³/mol. The zero-order chi connectivity index (χ0) is 19.2. The molecule has 6 heteroatoms. The van der Waals surface area contributed by atoms with Gasteiger partial charge in [0.05, 0.1) is 11.1 Å². The number of amides is 1. The van der Waals surface area contributed by atoms with Gasteiger partial charge in [0.1, 0.15) is 0 Å². The zero-order valence-corrected chi connectivity index (χ0v) is 15.5. The van der Waals surface area contributed by atoms with Crippen LogP contribution in [0, 0.1) is 0 Å². The molecule has 1 heterocycles. The molecule has 1 amide bonds. The molecule has 27 heavy (non-hydrogen) atoms. The Morgan fingerprint density at radius 3 is 2.44 bits per heavy atom. The summed E-state index contributed by atoms with van der Waals surface area (Å²) in [4.78, 5) is 25.3. The van der Waals surface area contributed by atoms with Crippen LogP contribution in [0.3, 0.4) is 0 Å². The van der Waals surface area contributed by atoms with Gasteiger partial charge < -0.3 is 0 Å². The lowest BCUT2D eigenvalue weighted by molar-refractivity contribution is 0.0949. The van der Waals surface area contributed by atoms with Gasteiger partial charge in [0.25, 0.3) is 11.5 Å². The SMILES string of the molecule is CCCCn1nc(C(=O)N/N=C(\C)c2ccccc2)c2ccccc2c1=O. The van der Waals surface area contributed by atoms with Crippen LogP contribution >= 0.6 is 0 Å². The van der Waals surface area contributed by atoms with E-state index in [1.807, 2.05) is 44.2 Å². The molecule has 0 atom stereocenters. The number of benzene rings is 2. The van der Waals surface area contributed by atoms with Crippen LogP contribution in [0.15, 0.2) is 64.5 Å². The highest BCUT2D eigenvalue weighted by Gasteiger charge is 2.16. The number of rotatable bonds is 6. The second-order valence-corrected chi connectivity index (χ2v) is 6.28. The highest BCUT2D eigenvalue weighted by atomic mass is 16.2. The van der Waals surface area contributed by atoms with Crippen molar-refractivity contribution in [3.63, 3.8) is 0 Å². The van der Waals surface area contributed by atoms with Crippen LogP contribution in [0.1, 0.15) is 42.7 Å². The number of fused-ring (bicyclic) bond motifs is 1. The van der Waals surface area contributed by atoms with E-state index in [1.54, 1.807) is 24.3 Å². The van der Waals surface area contributed by atoms with E-state index in [0.717, 1.165) is 18.4 Å².